The molecule has 30 heavy (non-hydrogen) atoms. The lowest BCUT2D eigenvalue weighted by atomic mass is 10.1. The minimum absolute atomic E-state index is 0. The summed E-state index contributed by atoms with van der Waals surface area (Å²) in [6.45, 7) is -0.203. The standard InChI is InChI=1S/C20H19FN2O5S.ClH/c1-22-11-14-9-19(17-7-2-3-8-18(17)21)23(12-14)29(26,27)16-6-4-5-15(10-16)28-13-20(24)25;/h2-10,12,22H,11,13H2,1H3,(H,24,25);1H. The number of aliphatic carboxylic acids is 1. The quantitative estimate of drug-likeness (QED) is 0.542. The second-order valence-corrected chi connectivity index (χ2v) is 8.02. The third-order valence-electron chi connectivity index (χ3n) is 4.10. The van der Waals surface area contributed by atoms with Crippen molar-refractivity contribution in [2.75, 3.05) is 13.7 Å². The van der Waals surface area contributed by atoms with Gasteiger partial charge < -0.3 is 15.2 Å². The van der Waals surface area contributed by atoms with E-state index >= 15 is 0 Å². The van der Waals surface area contributed by atoms with Gasteiger partial charge in [-0.3, -0.25) is 0 Å². The molecule has 7 nitrogen and oxygen atoms in total. The zero-order chi connectivity index (χ0) is 21.0. The van der Waals surface area contributed by atoms with Crippen molar-refractivity contribution in [2.24, 2.45) is 0 Å². The van der Waals surface area contributed by atoms with Crippen molar-refractivity contribution in [3.63, 3.8) is 0 Å². The van der Waals surface area contributed by atoms with Crippen LogP contribution in [0.25, 0.3) is 11.3 Å². The zero-order valence-corrected chi connectivity index (χ0v) is 17.5. The van der Waals surface area contributed by atoms with Crippen LogP contribution in [0.1, 0.15) is 5.56 Å². The molecule has 0 saturated carbocycles. The van der Waals surface area contributed by atoms with Crippen LogP contribution in [0.2, 0.25) is 0 Å². The van der Waals surface area contributed by atoms with Crippen LogP contribution in [-0.2, 0) is 21.4 Å². The van der Waals surface area contributed by atoms with E-state index in [2.05, 4.69) is 5.32 Å². The van der Waals surface area contributed by atoms with E-state index in [1.54, 1.807) is 19.2 Å². The molecule has 0 aliphatic rings. The topological polar surface area (TPSA) is 97.6 Å². The molecule has 3 rings (SSSR count). The molecule has 10 heteroatoms. The van der Waals surface area contributed by atoms with E-state index in [1.807, 2.05) is 0 Å². The lowest BCUT2D eigenvalue weighted by Crippen LogP contribution is -2.14. The molecular weight excluding hydrogens is 435 g/mol. The Balaban J connectivity index is 0.00000320. The number of hydrogen-bond acceptors (Lipinski definition) is 5. The normalized spacial score (nSPS) is 11.0. The Labute approximate surface area is 179 Å². The average Bonchev–Trinajstić information content (AvgIpc) is 3.12. The third kappa shape index (κ3) is 4.99. The van der Waals surface area contributed by atoms with E-state index in [0.717, 1.165) is 3.97 Å². The van der Waals surface area contributed by atoms with Gasteiger partial charge >= 0.3 is 5.97 Å². The van der Waals surface area contributed by atoms with Crippen molar-refractivity contribution in [3.05, 3.63) is 72.2 Å². The molecule has 1 aromatic heterocycles. The molecule has 0 atom stereocenters. The fourth-order valence-electron chi connectivity index (χ4n) is 2.84. The Morgan fingerprint density at radius 2 is 1.90 bits per heavy atom. The van der Waals surface area contributed by atoms with Gasteiger partial charge in [0.25, 0.3) is 10.0 Å². The number of nitrogens with zero attached hydrogens (tertiary/aromatic N) is 1. The molecule has 0 unspecified atom stereocenters. The Hall–Kier alpha value is -2.88. The molecule has 0 bridgehead atoms. The Morgan fingerprint density at radius 3 is 2.57 bits per heavy atom. The van der Waals surface area contributed by atoms with Crippen molar-refractivity contribution in [1.82, 2.24) is 9.29 Å². The fraction of sp³-hybridized carbons (Fsp3) is 0.150. The molecule has 0 spiro atoms. The van der Waals surface area contributed by atoms with Crippen molar-refractivity contribution in [3.8, 4) is 17.0 Å². The van der Waals surface area contributed by atoms with E-state index in [1.165, 1.54) is 48.7 Å². The van der Waals surface area contributed by atoms with Crippen LogP contribution in [0.15, 0.2) is 65.7 Å². The smallest absolute Gasteiger partial charge is 0.341 e. The number of benzene rings is 2. The van der Waals surface area contributed by atoms with Gasteiger partial charge in [-0.25, -0.2) is 21.6 Å². The number of carboxylic acid groups (broad SMARTS) is 1. The first kappa shape index (κ1) is 23.4. The predicted molar refractivity (Wildman–Crippen MR) is 112 cm³/mol. The summed E-state index contributed by atoms with van der Waals surface area (Å²) in [5.74, 6) is -1.62. The molecule has 2 N–H and O–H groups in total. The minimum Gasteiger partial charge on any atom is -0.482 e. The highest BCUT2D eigenvalue weighted by molar-refractivity contribution is 7.90. The third-order valence-corrected chi connectivity index (χ3v) is 5.77. The molecule has 0 aliphatic heterocycles. The van der Waals surface area contributed by atoms with Gasteiger partial charge in [0.1, 0.15) is 11.6 Å². The molecule has 0 fully saturated rings. The van der Waals surface area contributed by atoms with Gasteiger partial charge in [0.05, 0.1) is 10.6 Å². The zero-order valence-electron chi connectivity index (χ0n) is 15.9. The first-order chi connectivity index (χ1) is 13.8. The summed E-state index contributed by atoms with van der Waals surface area (Å²) in [6, 6.07) is 13.0. The first-order valence-corrected chi connectivity index (χ1v) is 10.1. The molecule has 1 heterocycles. The van der Waals surface area contributed by atoms with Crippen LogP contribution in [0.3, 0.4) is 0 Å². The number of carbonyl (C=O) groups is 1. The largest absolute Gasteiger partial charge is 0.482 e. The maximum Gasteiger partial charge on any atom is 0.341 e. The molecule has 0 saturated heterocycles. The SMILES string of the molecule is CNCc1cc(-c2ccccc2F)n(S(=O)(=O)c2cccc(OCC(=O)O)c2)c1.Cl. The molecule has 0 aliphatic carbocycles. The van der Waals surface area contributed by atoms with Gasteiger partial charge in [0.15, 0.2) is 6.61 Å². The lowest BCUT2D eigenvalue weighted by Gasteiger charge is -2.12. The van der Waals surface area contributed by atoms with Gasteiger partial charge in [-0.1, -0.05) is 18.2 Å². The number of rotatable bonds is 8. The summed E-state index contributed by atoms with van der Waals surface area (Å²) in [7, 11) is -2.38. The highest BCUT2D eigenvalue weighted by atomic mass is 35.5. The van der Waals surface area contributed by atoms with E-state index in [0.29, 0.717) is 12.1 Å². The van der Waals surface area contributed by atoms with E-state index in [-0.39, 0.29) is 34.3 Å². The molecule has 160 valence electrons. The first-order valence-electron chi connectivity index (χ1n) is 8.64. The summed E-state index contributed by atoms with van der Waals surface area (Å²) < 4.78 is 47.1. The maximum atomic E-state index is 14.4. The second kappa shape index (κ2) is 9.75. The highest BCUT2D eigenvalue weighted by Gasteiger charge is 2.23. The van der Waals surface area contributed by atoms with Gasteiger partial charge in [-0.15, -0.1) is 12.4 Å². The van der Waals surface area contributed by atoms with Crippen LogP contribution in [0.5, 0.6) is 5.75 Å². The molecule has 3 aromatic rings. The van der Waals surface area contributed by atoms with Crippen LogP contribution >= 0.6 is 12.4 Å². The highest BCUT2D eigenvalue weighted by Crippen LogP contribution is 2.30. The Kier molecular flexibility index (Phi) is 7.60. The Bertz CT molecular complexity index is 1150. The van der Waals surface area contributed by atoms with E-state index in [9.17, 15) is 17.6 Å². The van der Waals surface area contributed by atoms with Gasteiger partial charge in [-0.05, 0) is 42.9 Å². The van der Waals surface area contributed by atoms with Crippen molar-refractivity contribution >= 4 is 28.4 Å². The number of carboxylic acids is 1. The molecule has 2 aromatic carbocycles. The summed E-state index contributed by atoms with van der Waals surface area (Å²) in [6.07, 6.45) is 1.43. The monoisotopic (exact) mass is 454 g/mol. The van der Waals surface area contributed by atoms with Crippen LogP contribution in [0, 0.1) is 5.82 Å². The van der Waals surface area contributed by atoms with Crippen molar-refractivity contribution in [2.45, 2.75) is 11.4 Å². The van der Waals surface area contributed by atoms with Gasteiger partial charge in [0.2, 0.25) is 0 Å². The summed E-state index contributed by atoms with van der Waals surface area (Å²) in [4.78, 5) is 10.6. The second-order valence-electron chi connectivity index (χ2n) is 6.20. The van der Waals surface area contributed by atoms with E-state index in [4.69, 9.17) is 9.84 Å². The number of hydrogen-bond donors (Lipinski definition) is 2. The Morgan fingerprint density at radius 1 is 1.17 bits per heavy atom. The number of halogens is 2. The summed E-state index contributed by atoms with van der Waals surface area (Å²) >= 11 is 0. The summed E-state index contributed by atoms with van der Waals surface area (Å²) in [5.41, 5.74) is 0.995. The minimum atomic E-state index is -4.10. The van der Waals surface area contributed by atoms with Crippen molar-refractivity contribution < 1.29 is 27.4 Å². The van der Waals surface area contributed by atoms with Gasteiger partial charge in [-0.2, -0.15) is 0 Å². The van der Waals surface area contributed by atoms with E-state index < -0.39 is 28.4 Å². The number of ether oxygens (including phenoxy) is 1. The van der Waals surface area contributed by atoms with Crippen LogP contribution < -0.4 is 10.1 Å². The maximum absolute atomic E-state index is 14.4. The number of nitrogens with one attached hydrogen (secondary N) is 1. The molecule has 0 radical (unpaired) electrons. The van der Waals surface area contributed by atoms with Crippen LogP contribution in [0.4, 0.5) is 4.39 Å². The lowest BCUT2D eigenvalue weighted by molar-refractivity contribution is -0.139. The number of aromatic nitrogens is 1. The predicted octanol–water partition coefficient (Wildman–Crippen LogP) is 3.14. The molecule has 0 amide bonds. The van der Waals surface area contributed by atoms with Gasteiger partial charge in [0, 0.05) is 24.4 Å². The van der Waals surface area contributed by atoms with Crippen molar-refractivity contribution in [1.29, 1.82) is 0 Å². The fourth-order valence-corrected chi connectivity index (χ4v) is 4.27. The summed E-state index contributed by atoms with van der Waals surface area (Å²) in [5, 5.41) is 11.7. The average molecular weight is 455 g/mol. The van der Waals surface area contributed by atoms with Crippen LogP contribution in [-0.4, -0.2) is 37.1 Å². The molecular formula is C20H20ClFN2O5S.